The van der Waals surface area contributed by atoms with Gasteiger partial charge in [0, 0.05) is 12.4 Å². The van der Waals surface area contributed by atoms with Crippen LogP contribution in [0.1, 0.15) is 88.4 Å². The van der Waals surface area contributed by atoms with E-state index in [1.807, 2.05) is 60.7 Å². The van der Waals surface area contributed by atoms with Gasteiger partial charge < -0.3 is 19.7 Å². The second-order valence-electron chi connectivity index (χ2n) is 10.9. The summed E-state index contributed by atoms with van der Waals surface area (Å²) in [5, 5.41) is 20.8. The van der Waals surface area contributed by atoms with Crippen molar-refractivity contribution in [1.29, 1.82) is 0 Å². The average Bonchev–Trinajstić information content (AvgIpc) is 3.69. The molecule has 2 aliphatic carbocycles. The van der Waals surface area contributed by atoms with Crippen molar-refractivity contribution in [3.8, 4) is 0 Å². The number of aliphatic imine (C=N–C) groups is 2. The van der Waals surface area contributed by atoms with Gasteiger partial charge in [-0.1, -0.05) is 60.7 Å². The Hall–Kier alpha value is -4.20. The number of hydrogen-bond donors (Lipinski definition) is 2. The van der Waals surface area contributed by atoms with Crippen molar-refractivity contribution in [2.45, 2.75) is 89.5 Å². The van der Waals surface area contributed by atoms with E-state index in [9.17, 15) is 19.8 Å². The number of nitrogens with zero attached hydrogens (tertiary/aromatic N) is 2. The number of allylic oxidation sites excluding steroid dienone is 2. The molecule has 2 saturated carbocycles. The van der Waals surface area contributed by atoms with Crippen molar-refractivity contribution in [2.75, 3.05) is 0 Å². The van der Waals surface area contributed by atoms with Crippen LogP contribution in [0.2, 0.25) is 0 Å². The normalized spacial score (nSPS) is 19.0. The third-order valence-electron chi connectivity index (χ3n) is 7.68. The SMILES string of the molecule is C/C(O)=C(/C=N[C@@H](c1ccccc1)[C@@H](N=C/C(C(=O)OC1CCCC1)=C(/C)O)c1ccccc1)C(=O)OC1CCCC1. The Morgan fingerprint density at radius 1 is 0.667 bits per heavy atom. The molecule has 0 aromatic heterocycles. The molecule has 0 amide bonds. The predicted molar refractivity (Wildman–Crippen MR) is 163 cm³/mol. The number of carbonyl (C=O) groups is 2. The highest BCUT2D eigenvalue weighted by molar-refractivity contribution is 6.10. The highest BCUT2D eigenvalue weighted by Crippen LogP contribution is 2.36. The maximum absolute atomic E-state index is 13.0. The van der Waals surface area contributed by atoms with E-state index >= 15 is 0 Å². The summed E-state index contributed by atoms with van der Waals surface area (Å²) in [6.07, 6.45) is 9.62. The standard InChI is InChI=1S/C34H40N2O6/c1-23(37)29(33(39)41-27-17-9-10-18-27)21-35-31(25-13-5-3-6-14-25)32(26-15-7-4-8-16-26)36-22-30(24(2)38)34(40)42-28-19-11-12-20-28/h3-8,13-16,21-22,27-28,31-32,37-38H,9-12,17-20H2,1-2H3/b29-23+,30-24+,35-21?,36-22?/t31-,32-/m0/s1. The minimum absolute atomic E-state index is 0.0226. The van der Waals surface area contributed by atoms with E-state index in [2.05, 4.69) is 0 Å². The van der Waals surface area contributed by atoms with E-state index in [4.69, 9.17) is 19.5 Å². The molecule has 0 bridgehead atoms. The van der Waals surface area contributed by atoms with Crippen molar-refractivity contribution in [1.82, 2.24) is 0 Å². The molecule has 2 aliphatic rings. The quantitative estimate of drug-likeness (QED) is 0.127. The Kier molecular flexibility index (Phi) is 11.1. The number of aliphatic hydroxyl groups is 2. The van der Waals surface area contributed by atoms with E-state index < -0.39 is 24.0 Å². The first-order chi connectivity index (χ1) is 20.3. The summed E-state index contributed by atoms with van der Waals surface area (Å²) in [4.78, 5) is 35.6. The van der Waals surface area contributed by atoms with E-state index in [1.54, 1.807) is 0 Å². The maximum atomic E-state index is 13.0. The zero-order chi connectivity index (χ0) is 29.9. The molecule has 0 heterocycles. The molecule has 0 unspecified atom stereocenters. The molecule has 2 atom stereocenters. The molecule has 0 saturated heterocycles. The molecular weight excluding hydrogens is 532 g/mol. The van der Waals surface area contributed by atoms with Gasteiger partial charge in [0.05, 0.1) is 0 Å². The van der Waals surface area contributed by atoms with Gasteiger partial charge in [0.25, 0.3) is 0 Å². The van der Waals surface area contributed by atoms with Crippen LogP contribution in [0.3, 0.4) is 0 Å². The summed E-state index contributed by atoms with van der Waals surface area (Å²) in [5.41, 5.74) is 1.56. The molecule has 2 N–H and O–H groups in total. The summed E-state index contributed by atoms with van der Waals surface area (Å²) in [6, 6.07) is 17.6. The molecule has 0 radical (unpaired) electrons. The first kappa shape index (κ1) is 30.8. The van der Waals surface area contributed by atoms with Crippen molar-refractivity contribution < 1.29 is 29.3 Å². The van der Waals surface area contributed by atoms with Crippen molar-refractivity contribution in [3.05, 3.63) is 94.5 Å². The number of benzene rings is 2. The minimum atomic E-state index is -0.649. The summed E-state index contributed by atoms with van der Waals surface area (Å²) in [5.74, 6) is -1.62. The van der Waals surface area contributed by atoms with Crippen molar-refractivity contribution in [2.24, 2.45) is 9.98 Å². The Bertz CT molecular complexity index is 1210. The third-order valence-corrected chi connectivity index (χ3v) is 7.68. The van der Waals surface area contributed by atoms with Crippen LogP contribution in [0.5, 0.6) is 0 Å². The number of esters is 2. The number of aliphatic hydroxyl groups excluding tert-OH is 2. The van der Waals surface area contributed by atoms with Gasteiger partial charge in [0.2, 0.25) is 0 Å². The number of ether oxygens (including phenoxy) is 2. The van der Waals surface area contributed by atoms with Crippen LogP contribution in [0, 0.1) is 0 Å². The number of rotatable bonds is 11. The summed E-state index contributed by atoms with van der Waals surface area (Å²) in [7, 11) is 0. The molecule has 0 spiro atoms. The fourth-order valence-electron chi connectivity index (χ4n) is 5.34. The third kappa shape index (κ3) is 8.41. The van der Waals surface area contributed by atoms with Gasteiger partial charge in [-0.25, -0.2) is 9.59 Å². The second kappa shape index (κ2) is 15.1. The molecule has 2 aromatic rings. The van der Waals surface area contributed by atoms with Gasteiger partial charge >= 0.3 is 11.9 Å². The molecular formula is C34H40N2O6. The van der Waals surface area contributed by atoms with E-state index in [0.29, 0.717) is 0 Å². The first-order valence-electron chi connectivity index (χ1n) is 14.7. The molecule has 222 valence electrons. The smallest absolute Gasteiger partial charge is 0.343 e. The van der Waals surface area contributed by atoms with Crippen LogP contribution in [0.15, 0.2) is 93.3 Å². The Labute approximate surface area is 247 Å². The van der Waals surface area contributed by atoms with Gasteiger partial charge in [-0.3, -0.25) is 9.98 Å². The van der Waals surface area contributed by atoms with E-state index in [0.717, 1.165) is 62.5 Å². The molecule has 2 fully saturated rings. The number of carbonyl (C=O) groups excluding carboxylic acids is 2. The lowest BCUT2D eigenvalue weighted by Gasteiger charge is -2.22. The molecule has 42 heavy (non-hydrogen) atoms. The van der Waals surface area contributed by atoms with Crippen LogP contribution in [0.4, 0.5) is 0 Å². The lowest BCUT2D eigenvalue weighted by molar-refractivity contribution is -0.144. The summed E-state index contributed by atoms with van der Waals surface area (Å²) in [6.45, 7) is 2.86. The second-order valence-corrected chi connectivity index (χ2v) is 10.9. The Morgan fingerprint density at radius 3 is 1.31 bits per heavy atom. The molecule has 8 heteroatoms. The first-order valence-corrected chi connectivity index (χ1v) is 14.7. The van der Waals surface area contributed by atoms with Crippen LogP contribution in [-0.4, -0.2) is 46.8 Å². The van der Waals surface area contributed by atoms with Crippen LogP contribution < -0.4 is 0 Å². The van der Waals surface area contributed by atoms with Crippen LogP contribution in [0.25, 0.3) is 0 Å². The molecule has 8 nitrogen and oxygen atoms in total. The molecule has 0 aliphatic heterocycles. The monoisotopic (exact) mass is 572 g/mol. The van der Waals surface area contributed by atoms with Crippen molar-refractivity contribution in [3.63, 3.8) is 0 Å². The molecule has 2 aromatic carbocycles. The largest absolute Gasteiger partial charge is 0.512 e. The zero-order valence-corrected chi connectivity index (χ0v) is 24.3. The van der Waals surface area contributed by atoms with Gasteiger partial charge in [0.1, 0.15) is 47.0 Å². The van der Waals surface area contributed by atoms with Crippen molar-refractivity contribution >= 4 is 24.4 Å². The highest BCUT2D eigenvalue weighted by Gasteiger charge is 2.27. The van der Waals surface area contributed by atoms with Gasteiger partial charge in [-0.2, -0.15) is 0 Å². The zero-order valence-electron chi connectivity index (χ0n) is 24.3. The summed E-state index contributed by atoms with van der Waals surface area (Å²) < 4.78 is 11.3. The lowest BCUT2D eigenvalue weighted by atomic mass is 9.94. The molecule has 4 rings (SSSR count). The van der Waals surface area contributed by atoms with Gasteiger partial charge in [0.15, 0.2) is 0 Å². The fraction of sp³-hybridized carbons (Fsp3) is 0.412. The van der Waals surface area contributed by atoms with Crippen LogP contribution >= 0.6 is 0 Å². The maximum Gasteiger partial charge on any atom is 0.343 e. The topological polar surface area (TPSA) is 118 Å². The fourth-order valence-corrected chi connectivity index (χ4v) is 5.34. The lowest BCUT2D eigenvalue weighted by Crippen LogP contribution is -2.19. The van der Waals surface area contributed by atoms with Gasteiger partial charge in [-0.05, 0) is 76.3 Å². The highest BCUT2D eigenvalue weighted by atomic mass is 16.5. The Morgan fingerprint density at radius 2 is 1.00 bits per heavy atom. The van der Waals surface area contributed by atoms with E-state index in [1.165, 1.54) is 26.3 Å². The average molecular weight is 573 g/mol. The van der Waals surface area contributed by atoms with Gasteiger partial charge in [-0.15, -0.1) is 0 Å². The predicted octanol–water partition coefficient (Wildman–Crippen LogP) is 7.25. The summed E-state index contributed by atoms with van der Waals surface area (Å²) >= 11 is 0. The van der Waals surface area contributed by atoms with Crippen LogP contribution in [-0.2, 0) is 19.1 Å². The minimum Gasteiger partial charge on any atom is -0.512 e. The number of hydrogen-bond acceptors (Lipinski definition) is 8. The van der Waals surface area contributed by atoms with E-state index in [-0.39, 0.29) is 34.9 Å². The Balaban J connectivity index is 1.70.